The second-order valence-corrected chi connectivity index (χ2v) is 16.9. The van der Waals surface area contributed by atoms with Crippen LogP contribution in [0.2, 0.25) is 5.02 Å². The van der Waals surface area contributed by atoms with E-state index in [1.165, 1.54) is 35.0 Å². The van der Waals surface area contributed by atoms with Crippen molar-refractivity contribution in [3.05, 3.63) is 148 Å². The van der Waals surface area contributed by atoms with Gasteiger partial charge < -0.3 is 15.5 Å². The van der Waals surface area contributed by atoms with E-state index >= 15 is 0 Å². The Balaban J connectivity index is 1.06. The summed E-state index contributed by atoms with van der Waals surface area (Å²) in [7, 11) is -4.51. The first-order chi connectivity index (χ1) is 27.9. The van der Waals surface area contributed by atoms with E-state index in [2.05, 4.69) is 32.6 Å². The van der Waals surface area contributed by atoms with Crippen LogP contribution in [0.4, 0.5) is 25.8 Å². The molecule has 0 spiro atoms. The van der Waals surface area contributed by atoms with Gasteiger partial charge in [0.2, 0.25) is 0 Å². The number of rotatable bonds is 18. The SMILES string of the molecule is O=C(NS(=O)(=O)c1ccc(N[C@H](CCNCC(F)F)CSc2ccccc2)c([N+](=O)[O-])c1)c1ccc(N2CCN(Cc3ccccc3-c3ccc(Cl)cc3)CC2)cc1. The first-order valence-corrected chi connectivity index (χ1v) is 21.5. The van der Waals surface area contributed by atoms with Crippen LogP contribution < -0.4 is 20.3 Å². The number of carbonyl (C=O) groups is 1. The molecule has 1 fully saturated rings. The number of alkyl halides is 2. The first kappa shape index (κ1) is 42.5. The number of carbonyl (C=O) groups excluding carboxylic acids is 1. The van der Waals surface area contributed by atoms with Crippen LogP contribution in [-0.2, 0) is 16.6 Å². The fourth-order valence-corrected chi connectivity index (χ4v) is 8.72. The number of nitro benzene ring substituents is 1. The summed E-state index contributed by atoms with van der Waals surface area (Å²) in [6.07, 6.45) is -2.16. The molecule has 0 bridgehead atoms. The van der Waals surface area contributed by atoms with Gasteiger partial charge in [-0.2, -0.15) is 0 Å². The highest BCUT2D eigenvalue weighted by molar-refractivity contribution is 7.99. The Bertz CT molecular complexity index is 2260. The molecule has 0 saturated carbocycles. The number of hydrogen-bond donors (Lipinski definition) is 3. The third-order valence-electron chi connectivity index (χ3n) is 9.66. The molecule has 11 nitrogen and oxygen atoms in total. The normalized spacial score (nSPS) is 14.0. The number of nitrogens with one attached hydrogen (secondary N) is 3. The molecule has 1 aliphatic heterocycles. The molecule has 0 aliphatic carbocycles. The highest BCUT2D eigenvalue weighted by Crippen LogP contribution is 2.31. The maximum Gasteiger partial charge on any atom is 0.293 e. The Hall–Kier alpha value is -5.06. The monoisotopic (exact) mass is 848 g/mol. The van der Waals surface area contributed by atoms with Gasteiger partial charge in [-0.3, -0.25) is 19.8 Å². The number of piperazine rings is 1. The lowest BCUT2D eigenvalue weighted by atomic mass is 9.99. The largest absolute Gasteiger partial charge is 0.376 e. The number of nitro groups is 1. The maximum atomic E-state index is 13.3. The predicted molar refractivity (Wildman–Crippen MR) is 227 cm³/mol. The van der Waals surface area contributed by atoms with Crippen molar-refractivity contribution in [2.24, 2.45) is 0 Å². The average molecular weight is 849 g/mol. The summed E-state index contributed by atoms with van der Waals surface area (Å²) in [5.41, 5.74) is 4.05. The van der Waals surface area contributed by atoms with Crippen molar-refractivity contribution < 1.29 is 26.9 Å². The molecular weight excluding hydrogens is 806 g/mol. The van der Waals surface area contributed by atoms with Gasteiger partial charge in [-0.15, -0.1) is 11.8 Å². The summed E-state index contributed by atoms with van der Waals surface area (Å²) in [5, 5.41) is 18.6. The lowest BCUT2D eigenvalue weighted by Gasteiger charge is -2.36. The fraction of sp³-hybridized carbons (Fsp3) is 0.262. The zero-order valence-corrected chi connectivity index (χ0v) is 33.8. The van der Waals surface area contributed by atoms with Crippen LogP contribution in [0.3, 0.4) is 0 Å². The van der Waals surface area contributed by atoms with Gasteiger partial charge in [0.25, 0.3) is 28.0 Å². The van der Waals surface area contributed by atoms with Crippen LogP contribution in [0.15, 0.2) is 131 Å². The third-order valence-corrected chi connectivity index (χ3v) is 12.4. The minimum Gasteiger partial charge on any atom is -0.376 e. The van der Waals surface area contributed by atoms with Gasteiger partial charge in [0.15, 0.2) is 0 Å². The van der Waals surface area contributed by atoms with E-state index in [-0.39, 0.29) is 17.8 Å². The van der Waals surface area contributed by atoms with Crippen molar-refractivity contribution in [1.29, 1.82) is 0 Å². The van der Waals surface area contributed by atoms with Crippen molar-refractivity contribution in [3.8, 4) is 11.1 Å². The van der Waals surface area contributed by atoms with Crippen LogP contribution in [0.5, 0.6) is 0 Å². The van der Waals surface area contributed by atoms with Crippen LogP contribution in [0.1, 0.15) is 22.3 Å². The summed E-state index contributed by atoms with van der Waals surface area (Å²) in [4.78, 5) is 29.7. The Kier molecular flexibility index (Phi) is 14.7. The number of anilines is 2. The second kappa shape index (κ2) is 20.1. The van der Waals surface area contributed by atoms with Crippen LogP contribution in [0.25, 0.3) is 11.1 Å². The Morgan fingerprint density at radius 3 is 2.26 bits per heavy atom. The molecular formula is C42H43ClF2N6O5S2. The lowest BCUT2D eigenvalue weighted by Crippen LogP contribution is -2.46. The van der Waals surface area contributed by atoms with E-state index in [1.807, 2.05) is 71.5 Å². The molecule has 304 valence electrons. The van der Waals surface area contributed by atoms with E-state index in [4.69, 9.17) is 11.6 Å². The van der Waals surface area contributed by atoms with Crippen molar-refractivity contribution in [1.82, 2.24) is 14.9 Å². The molecule has 1 amide bonds. The standard InChI is InChI=1S/C42H43ClF2N6O5S2/c43-33-14-10-30(11-15-33)38-9-5-4-6-32(38)28-49-22-24-50(25-23-49)35-16-12-31(13-17-35)42(52)48-58(55,56)37-18-19-39(40(26-37)51(53)54)47-34(20-21-46-27-41(44)45)29-57-36-7-2-1-3-8-36/h1-19,26,34,41,46-47H,20-25,27-29H2,(H,48,52)/t34-/m1/s1. The number of amides is 1. The number of sulfonamides is 1. The topological polar surface area (TPSA) is 137 Å². The van der Waals surface area contributed by atoms with Gasteiger partial charge in [-0.1, -0.05) is 66.2 Å². The molecule has 1 heterocycles. The van der Waals surface area contributed by atoms with E-state index in [9.17, 15) is 32.1 Å². The van der Waals surface area contributed by atoms with E-state index < -0.39 is 50.4 Å². The number of thioether (sulfide) groups is 1. The zero-order chi connectivity index (χ0) is 41.1. The van der Waals surface area contributed by atoms with Gasteiger partial charge in [0, 0.05) is 71.8 Å². The van der Waals surface area contributed by atoms with Crippen molar-refractivity contribution in [2.75, 3.05) is 55.2 Å². The number of hydrogen-bond acceptors (Lipinski definition) is 10. The Morgan fingerprint density at radius 2 is 1.57 bits per heavy atom. The smallest absolute Gasteiger partial charge is 0.293 e. The molecule has 6 rings (SSSR count). The minimum atomic E-state index is -4.51. The molecule has 1 aliphatic rings. The maximum absolute atomic E-state index is 13.3. The van der Waals surface area contributed by atoms with Gasteiger partial charge in [-0.25, -0.2) is 21.9 Å². The van der Waals surface area contributed by atoms with Gasteiger partial charge in [-0.05, 0) is 90.3 Å². The fourth-order valence-electron chi connectivity index (χ4n) is 6.61. The molecule has 5 aromatic carbocycles. The molecule has 0 radical (unpaired) electrons. The van der Waals surface area contributed by atoms with Gasteiger partial charge in [0.05, 0.1) is 16.4 Å². The minimum absolute atomic E-state index is 0.0574. The molecule has 16 heteroatoms. The molecule has 5 aromatic rings. The number of halogens is 3. The molecule has 0 aromatic heterocycles. The lowest BCUT2D eigenvalue weighted by molar-refractivity contribution is -0.384. The Labute approximate surface area is 346 Å². The van der Waals surface area contributed by atoms with Crippen molar-refractivity contribution in [3.63, 3.8) is 0 Å². The first-order valence-electron chi connectivity index (χ1n) is 18.7. The van der Waals surface area contributed by atoms with E-state index in [0.717, 1.165) is 54.9 Å². The predicted octanol–water partition coefficient (Wildman–Crippen LogP) is 8.17. The summed E-state index contributed by atoms with van der Waals surface area (Å²) in [5.74, 6) is -0.432. The van der Waals surface area contributed by atoms with E-state index in [1.54, 1.807) is 24.3 Å². The summed E-state index contributed by atoms with van der Waals surface area (Å²) < 4.78 is 54.1. The molecule has 58 heavy (non-hydrogen) atoms. The van der Waals surface area contributed by atoms with Crippen LogP contribution >= 0.6 is 23.4 Å². The second-order valence-electron chi connectivity index (χ2n) is 13.7. The highest BCUT2D eigenvalue weighted by Gasteiger charge is 2.26. The van der Waals surface area contributed by atoms with Crippen LogP contribution in [-0.4, -0.2) is 81.6 Å². The average Bonchev–Trinajstić information content (AvgIpc) is 3.22. The Morgan fingerprint density at radius 1 is 0.879 bits per heavy atom. The summed E-state index contributed by atoms with van der Waals surface area (Å²) >= 11 is 7.59. The van der Waals surface area contributed by atoms with Crippen LogP contribution in [0, 0.1) is 10.1 Å². The molecule has 3 N–H and O–H groups in total. The van der Waals surface area contributed by atoms with Gasteiger partial charge >= 0.3 is 0 Å². The summed E-state index contributed by atoms with van der Waals surface area (Å²) in [6, 6.07) is 35.2. The molecule has 1 atom stereocenters. The highest BCUT2D eigenvalue weighted by atomic mass is 35.5. The number of benzene rings is 5. The summed E-state index contributed by atoms with van der Waals surface area (Å²) in [6.45, 7) is 3.69. The van der Waals surface area contributed by atoms with Crippen molar-refractivity contribution in [2.45, 2.75) is 35.2 Å². The van der Waals surface area contributed by atoms with E-state index in [0.29, 0.717) is 17.2 Å². The molecule has 0 unspecified atom stereocenters. The van der Waals surface area contributed by atoms with Crippen molar-refractivity contribution >= 4 is 56.4 Å². The third kappa shape index (κ3) is 11.8. The quantitative estimate of drug-likeness (QED) is 0.0343. The molecule has 1 saturated heterocycles. The number of nitrogens with zero attached hydrogens (tertiary/aromatic N) is 3. The zero-order valence-electron chi connectivity index (χ0n) is 31.4. The van der Waals surface area contributed by atoms with Gasteiger partial charge in [0.1, 0.15) is 5.69 Å².